The molecular weight excluding hydrogens is 330 g/mol. The summed E-state index contributed by atoms with van der Waals surface area (Å²) in [7, 11) is 1.41. The molecule has 0 fully saturated rings. The van der Waals surface area contributed by atoms with Crippen LogP contribution in [0.25, 0.3) is 0 Å². The Bertz CT molecular complexity index is 613. The molecule has 0 aromatic heterocycles. The van der Waals surface area contributed by atoms with Crippen LogP contribution in [0.3, 0.4) is 0 Å². The second-order valence-electron chi connectivity index (χ2n) is 4.72. The van der Waals surface area contributed by atoms with Gasteiger partial charge in [0.05, 0.1) is 13.5 Å². The molecule has 0 atom stereocenters. The first-order valence-corrected chi connectivity index (χ1v) is 7.57. The zero-order valence-corrected chi connectivity index (χ0v) is 13.5. The number of methoxy groups -OCH3 is 1. The smallest absolute Gasteiger partial charge is 0.309 e. The molecule has 0 saturated carbocycles. The van der Waals surface area contributed by atoms with Gasteiger partial charge in [-0.3, -0.25) is 4.79 Å². The largest absolute Gasteiger partial charge is 0.469 e. The van der Waals surface area contributed by atoms with Crippen LogP contribution in [0.15, 0.2) is 53.0 Å². The Morgan fingerprint density at radius 3 is 2.24 bits per heavy atom. The van der Waals surface area contributed by atoms with Gasteiger partial charge in [0.1, 0.15) is 0 Å². The van der Waals surface area contributed by atoms with E-state index >= 15 is 0 Å². The van der Waals surface area contributed by atoms with Crippen LogP contribution >= 0.6 is 15.9 Å². The van der Waals surface area contributed by atoms with Gasteiger partial charge in [-0.05, 0) is 22.8 Å². The highest BCUT2D eigenvalue weighted by atomic mass is 79.9. The fourth-order valence-electron chi connectivity index (χ4n) is 2.10. The quantitative estimate of drug-likeness (QED) is 0.813. The molecule has 2 aromatic carbocycles. The number of hydrogen-bond donors (Lipinski definition) is 1. The van der Waals surface area contributed by atoms with E-state index in [2.05, 4.69) is 27.3 Å². The first-order chi connectivity index (χ1) is 10.2. The third-order valence-electron chi connectivity index (χ3n) is 3.27. The van der Waals surface area contributed by atoms with Crippen LogP contribution in [0.5, 0.6) is 0 Å². The van der Waals surface area contributed by atoms with Crippen molar-refractivity contribution < 1.29 is 9.53 Å². The Balaban J connectivity index is 1.97. The van der Waals surface area contributed by atoms with E-state index < -0.39 is 0 Å². The van der Waals surface area contributed by atoms with Crippen molar-refractivity contribution >= 4 is 21.9 Å². The van der Waals surface area contributed by atoms with E-state index in [0.717, 1.165) is 22.1 Å². The monoisotopic (exact) mass is 347 g/mol. The highest BCUT2D eigenvalue weighted by Gasteiger charge is 2.07. The van der Waals surface area contributed by atoms with Crippen LogP contribution in [0.1, 0.15) is 16.7 Å². The number of rotatable bonds is 6. The fraction of sp³-hybridized carbons (Fsp3) is 0.235. The lowest BCUT2D eigenvalue weighted by Gasteiger charge is -2.10. The van der Waals surface area contributed by atoms with E-state index in [1.165, 1.54) is 12.7 Å². The van der Waals surface area contributed by atoms with Crippen molar-refractivity contribution in [2.75, 3.05) is 7.11 Å². The number of carbonyl (C=O) groups is 1. The molecule has 0 amide bonds. The number of nitrogens with one attached hydrogen (secondary N) is 1. The highest BCUT2D eigenvalue weighted by Crippen LogP contribution is 2.16. The zero-order chi connectivity index (χ0) is 15.1. The molecule has 0 aliphatic rings. The van der Waals surface area contributed by atoms with Crippen LogP contribution in [-0.4, -0.2) is 13.1 Å². The molecular formula is C17H18BrNO2. The maximum absolute atomic E-state index is 11.4. The van der Waals surface area contributed by atoms with Crippen molar-refractivity contribution in [3.63, 3.8) is 0 Å². The van der Waals surface area contributed by atoms with E-state index in [-0.39, 0.29) is 5.97 Å². The molecule has 0 spiro atoms. The Hall–Kier alpha value is -1.65. The summed E-state index contributed by atoms with van der Waals surface area (Å²) in [6.07, 6.45) is 0.309. The van der Waals surface area contributed by atoms with Crippen LogP contribution in [0.4, 0.5) is 0 Å². The minimum absolute atomic E-state index is 0.215. The minimum Gasteiger partial charge on any atom is -0.469 e. The molecule has 21 heavy (non-hydrogen) atoms. The van der Waals surface area contributed by atoms with Crippen molar-refractivity contribution in [2.24, 2.45) is 0 Å². The molecule has 2 aromatic rings. The third-order valence-corrected chi connectivity index (χ3v) is 4.04. The van der Waals surface area contributed by atoms with Crippen LogP contribution in [0, 0.1) is 0 Å². The Morgan fingerprint density at radius 1 is 1.00 bits per heavy atom. The van der Waals surface area contributed by atoms with Crippen molar-refractivity contribution in [2.45, 2.75) is 19.5 Å². The molecule has 1 N–H and O–H groups in total. The molecule has 0 aliphatic heterocycles. The molecule has 110 valence electrons. The van der Waals surface area contributed by atoms with Crippen molar-refractivity contribution in [3.8, 4) is 0 Å². The second-order valence-corrected chi connectivity index (χ2v) is 5.57. The van der Waals surface area contributed by atoms with Crippen LogP contribution in [0.2, 0.25) is 0 Å². The lowest BCUT2D eigenvalue weighted by molar-refractivity contribution is -0.139. The molecule has 0 bridgehead atoms. The van der Waals surface area contributed by atoms with Gasteiger partial charge in [-0.2, -0.15) is 0 Å². The summed E-state index contributed by atoms with van der Waals surface area (Å²) in [4.78, 5) is 11.4. The number of halogens is 1. The lowest BCUT2D eigenvalue weighted by atomic mass is 10.0. The van der Waals surface area contributed by atoms with E-state index in [1.807, 2.05) is 42.5 Å². The number of hydrogen-bond acceptors (Lipinski definition) is 3. The maximum atomic E-state index is 11.4. The Kier molecular flexibility index (Phi) is 5.96. The van der Waals surface area contributed by atoms with Gasteiger partial charge in [-0.25, -0.2) is 0 Å². The normalized spacial score (nSPS) is 10.4. The summed E-state index contributed by atoms with van der Waals surface area (Å²) in [5.74, 6) is -0.215. The molecule has 0 heterocycles. The lowest BCUT2D eigenvalue weighted by Crippen LogP contribution is -2.15. The van der Waals surface area contributed by atoms with Gasteiger partial charge in [0.2, 0.25) is 0 Å². The summed E-state index contributed by atoms with van der Waals surface area (Å²) in [5, 5.41) is 3.41. The maximum Gasteiger partial charge on any atom is 0.309 e. The van der Waals surface area contributed by atoms with Gasteiger partial charge in [0.15, 0.2) is 0 Å². The summed E-state index contributed by atoms with van der Waals surface area (Å²) < 4.78 is 5.83. The molecule has 0 unspecified atom stereocenters. The predicted octanol–water partition coefficient (Wildman–Crippen LogP) is 3.45. The third kappa shape index (κ3) is 4.69. The first kappa shape index (κ1) is 15.7. The SMILES string of the molecule is COC(=O)Cc1ccccc1CNCc1ccccc1Br. The fourth-order valence-corrected chi connectivity index (χ4v) is 2.53. The van der Waals surface area contributed by atoms with Gasteiger partial charge in [0, 0.05) is 17.6 Å². The summed E-state index contributed by atoms with van der Waals surface area (Å²) >= 11 is 3.54. The van der Waals surface area contributed by atoms with E-state index in [4.69, 9.17) is 4.74 Å². The van der Waals surface area contributed by atoms with Crippen LogP contribution < -0.4 is 5.32 Å². The average molecular weight is 348 g/mol. The number of carbonyl (C=O) groups excluding carboxylic acids is 1. The number of benzene rings is 2. The molecule has 2 rings (SSSR count). The predicted molar refractivity (Wildman–Crippen MR) is 86.8 cm³/mol. The second kappa shape index (κ2) is 7.96. The molecule has 0 aliphatic carbocycles. The summed E-state index contributed by atoms with van der Waals surface area (Å²) in [6.45, 7) is 1.49. The van der Waals surface area contributed by atoms with E-state index in [0.29, 0.717) is 13.0 Å². The molecule has 3 nitrogen and oxygen atoms in total. The standard InChI is InChI=1S/C17H18BrNO2/c1-21-17(20)10-13-6-2-3-7-14(13)11-19-12-15-8-4-5-9-16(15)18/h2-9,19H,10-12H2,1H3. The van der Waals surface area contributed by atoms with E-state index in [1.54, 1.807) is 0 Å². The highest BCUT2D eigenvalue weighted by molar-refractivity contribution is 9.10. The van der Waals surface area contributed by atoms with E-state index in [9.17, 15) is 4.79 Å². The minimum atomic E-state index is -0.215. The summed E-state index contributed by atoms with van der Waals surface area (Å²) in [6, 6.07) is 16.1. The first-order valence-electron chi connectivity index (χ1n) is 6.78. The van der Waals surface area contributed by atoms with Gasteiger partial charge >= 0.3 is 5.97 Å². The molecule has 0 radical (unpaired) electrons. The van der Waals surface area contributed by atoms with Gasteiger partial charge in [0.25, 0.3) is 0 Å². The van der Waals surface area contributed by atoms with Crippen LogP contribution in [-0.2, 0) is 29.0 Å². The van der Waals surface area contributed by atoms with Crippen molar-refractivity contribution in [3.05, 3.63) is 69.7 Å². The van der Waals surface area contributed by atoms with Crippen molar-refractivity contribution in [1.29, 1.82) is 0 Å². The Labute approximate surface area is 133 Å². The zero-order valence-electron chi connectivity index (χ0n) is 11.9. The molecule has 0 saturated heterocycles. The topological polar surface area (TPSA) is 38.3 Å². The molecule has 4 heteroatoms. The Morgan fingerprint density at radius 2 is 1.57 bits per heavy atom. The summed E-state index contributed by atoms with van der Waals surface area (Å²) in [5.41, 5.74) is 3.34. The average Bonchev–Trinajstić information content (AvgIpc) is 2.50. The number of esters is 1. The van der Waals surface area contributed by atoms with Gasteiger partial charge in [-0.1, -0.05) is 58.4 Å². The van der Waals surface area contributed by atoms with Gasteiger partial charge in [-0.15, -0.1) is 0 Å². The van der Waals surface area contributed by atoms with Crippen molar-refractivity contribution in [1.82, 2.24) is 5.32 Å². The van der Waals surface area contributed by atoms with Gasteiger partial charge < -0.3 is 10.1 Å². The number of ether oxygens (including phenoxy) is 1.